The second kappa shape index (κ2) is 11.4. The van der Waals surface area contributed by atoms with Crippen LogP contribution < -0.4 is 5.32 Å². The Morgan fingerprint density at radius 3 is 2.38 bits per heavy atom. The summed E-state index contributed by atoms with van der Waals surface area (Å²) in [6.07, 6.45) is 4.63. The summed E-state index contributed by atoms with van der Waals surface area (Å²) in [7, 11) is -3.67. The van der Waals surface area contributed by atoms with Crippen LogP contribution in [0.5, 0.6) is 0 Å². The Kier molecular flexibility index (Phi) is 8.52. The van der Waals surface area contributed by atoms with Gasteiger partial charge in [0.15, 0.2) is 0 Å². The van der Waals surface area contributed by atoms with Gasteiger partial charge in [-0.1, -0.05) is 42.5 Å². The molecule has 0 aromatic heterocycles. The van der Waals surface area contributed by atoms with Gasteiger partial charge in [0, 0.05) is 35.8 Å². The average Bonchev–Trinajstić information content (AvgIpc) is 2.87. The first-order valence-electron chi connectivity index (χ1n) is 13.7. The molecule has 2 aromatic carbocycles. The van der Waals surface area contributed by atoms with Crippen LogP contribution in [0.1, 0.15) is 88.2 Å². The molecule has 7 nitrogen and oxygen atoms in total. The third-order valence-electron chi connectivity index (χ3n) is 8.03. The molecule has 0 spiro atoms. The lowest BCUT2D eigenvalue weighted by Crippen LogP contribution is -2.45. The summed E-state index contributed by atoms with van der Waals surface area (Å²) in [6, 6.07) is 13.9. The molecule has 9 heteroatoms. The number of nitrogens with zero attached hydrogens (tertiary/aromatic N) is 1. The molecule has 2 atom stereocenters. The van der Waals surface area contributed by atoms with E-state index in [4.69, 9.17) is 10.1 Å². The van der Waals surface area contributed by atoms with Crippen LogP contribution in [0.4, 0.5) is 9.18 Å². The van der Waals surface area contributed by atoms with Crippen molar-refractivity contribution in [2.75, 3.05) is 0 Å². The minimum absolute atomic E-state index is 0.0293. The Bertz CT molecular complexity index is 1290. The first-order chi connectivity index (χ1) is 18.3. The van der Waals surface area contributed by atoms with Crippen LogP contribution in [0.25, 0.3) is 0 Å². The van der Waals surface area contributed by atoms with Crippen molar-refractivity contribution in [1.29, 1.82) is 5.41 Å². The zero-order valence-corrected chi connectivity index (χ0v) is 24.1. The topological polar surface area (TPSA) is 99.6 Å². The minimum Gasteiger partial charge on any atom is -0.444 e. The highest BCUT2D eigenvalue weighted by Crippen LogP contribution is 2.40. The number of halogens is 1. The molecular weight excluding hydrogens is 517 g/mol. The first-order valence-corrected chi connectivity index (χ1v) is 15.2. The van der Waals surface area contributed by atoms with Crippen molar-refractivity contribution in [1.82, 2.24) is 9.62 Å². The number of amides is 1. The number of nitrogens with one attached hydrogen (secondary N) is 2. The molecule has 2 N–H and O–H groups in total. The van der Waals surface area contributed by atoms with Crippen molar-refractivity contribution >= 4 is 22.3 Å². The average molecular weight is 558 g/mol. The highest BCUT2D eigenvalue weighted by Gasteiger charge is 2.41. The van der Waals surface area contributed by atoms with Crippen molar-refractivity contribution in [3.63, 3.8) is 0 Å². The highest BCUT2D eigenvalue weighted by molar-refractivity contribution is 7.89. The van der Waals surface area contributed by atoms with Crippen LogP contribution in [0.2, 0.25) is 0 Å². The standard InChI is InChI=1S/C30H40FN3O4S/c1-21-10-13-27(22-8-6-5-7-9-22)39(36,37)34(21)19-23-11-12-24(18-26(23)31)30(20-32)16-14-25(15-17-30)33-28(35)38-29(2,3)4/h5-9,11-12,18,20-21,25,27,32H,10,13-17,19H2,1-4H3,(H,33,35)/t21-,25?,27+,30?/m0/s1. The van der Waals surface area contributed by atoms with Crippen molar-refractivity contribution in [3.8, 4) is 0 Å². The number of carbonyl (C=O) groups is 1. The van der Waals surface area contributed by atoms with E-state index in [2.05, 4.69) is 5.32 Å². The van der Waals surface area contributed by atoms with E-state index in [-0.39, 0.29) is 18.6 Å². The second-order valence-corrected chi connectivity index (χ2v) is 14.0. The normalized spacial score (nSPS) is 27.5. The van der Waals surface area contributed by atoms with Crippen molar-refractivity contribution < 1.29 is 22.3 Å². The van der Waals surface area contributed by atoms with E-state index in [0.717, 1.165) is 5.56 Å². The number of rotatable bonds is 6. The number of sulfonamides is 1. The zero-order chi connectivity index (χ0) is 28.4. The van der Waals surface area contributed by atoms with E-state index in [1.165, 1.54) is 16.6 Å². The van der Waals surface area contributed by atoms with Gasteiger partial charge in [0.25, 0.3) is 0 Å². The van der Waals surface area contributed by atoms with Crippen molar-refractivity contribution in [2.24, 2.45) is 0 Å². The van der Waals surface area contributed by atoms with Gasteiger partial charge in [-0.2, -0.15) is 4.31 Å². The summed E-state index contributed by atoms with van der Waals surface area (Å²) < 4.78 is 49.4. The van der Waals surface area contributed by atoms with Crippen LogP contribution in [0.15, 0.2) is 48.5 Å². The molecule has 2 aliphatic rings. The molecule has 4 rings (SSSR count). The fourth-order valence-corrected chi connectivity index (χ4v) is 7.96. The molecule has 1 aliphatic carbocycles. The Balaban J connectivity index is 1.47. The van der Waals surface area contributed by atoms with Gasteiger partial charge in [-0.05, 0) is 83.4 Å². The van der Waals surface area contributed by atoms with Crippen molar-refractivity contribution in [2.45, 2.75) is 101 Å². The van der Waals surface area contributed by atoms with Gasteiger partial charge >= 0.3 is 6.09 Å². The van der Waals surface area contributed by atoms with Crippen LogP contribution in [-0.2, 0) is 26.7 Å². The molecule has 2 fully saturated rings. The molecule has 0 radical (unpaired) electrons. The molecule has 1 heterocycles. The molecule has 39 heavy (non-hydrogen) atoms. The lowest BCUT2D eigenvalue weighted by molar-refractivity contribution is 0.0488. The van der Waals surface area contributed by atoms with Crippen LogP contribution in [0, 0.1) is 11.2 Å². The molecule has 0 unspecified atom stereocenters. The Morgan fingerprint density at radius 2 is 1.79 bits per heavy atom. The fraction of sp³-hybridized carbons (Fsp3) is 0.533. The number of hydrogen-bond acceptors (Lipinski definition) is 5. The maximum absolute atomic E-state index is 15.5. The lowest BCUT2D eigenvalue weighted by Gasteiger charge is -2.39. The van der Waals surface area contributed by atoms with Gasteiger partial charge < -0.3 is 15.5 Å². The molecule has 2 aromatic rings. The second-order valence-electron chi connectivity index (χ2n) is 11.9. The quantitative estimate of drug-likeness (QED) is 0.411. The molecule has 1 saturated heterocycles. The molecule has 1 amide bonds. The van der Waals surface area contributed by atoms with Crippen LogP contribution >= 0.6 is 0 Å². The summed E-state index contributed by atoms with van der Waals surface area (Å²) in [6.45, 7) is 7.29. The lowest BCUT2D eigenvalue weighted by atomic mass is 9.69. The van der Waals surface area contributed by atoms with E-state index in [0.29, 0.717) is 49.7 Å². The van der Waals surface area contributed by atoms with Gasteiger partial charge in [-0.3, -0.25) is 0 Å². The summed E-state index contributed by atoms with van der Waals surface area (Å²) in [4.78, 5) is 12.2. The maximum atomic E-state index is 15.5. The Hall–Kier alpha value is -2.78. The predicted molar refractivity (Wildman–Crippen MR) is 151 cm³/mol. The third-order valence-corrected chi connectivity index (χ3v) is 10.4. The number of ether oxygens (including phenoxy) is 1. The number of benzene rings is 2. The number of alkyl carbamates (subject to hydrolysis) is 1. The summed E-state index contributed by atoms with van der Waals surface area (Å²) in [5.74, 6) is -0.466. The molecule has 1 aliphatic heterocycles. The van der Waals surface area contributed by atoms with Crippen LogP contribution in [0.3, 0.4) is 0 Å². The van der Waals surface area contributed by atoms with Crippen molar-refractivity contribution in [3.05, 3.63) is 71.0 Å². The van der Waals surface area contributed by atoms with E-state index in [1.807, 2.05) is 64.1 Å². The van der Waals surface area contributed by atoms with Gasteiger partial charge in [-0.25, -0.2) is 17.6 Å². The van der Waals surface area contributed by atoms with Gasteiger partial charge in [0.05, 0.1) is 0 Å². The third kappa shape index (κ3) is 6.52. The molecule has 0 bridgehead atoms. The smallest absolute Gasteiger partial charge is 0.407 e. The molecular formula is C30H40FN3O4S. The SMILES string of the molecule is C[C@H]1CC[C@H](c2ccccc2)S(=O)(=O)N1Cc1ccc(C2(C=N)CCC(NC(=O)OC(C)(C)C)CC2)cc1F. The summed E-state index contributed by atoms with van der Waals surface area (Å²) >= 11 is 0. The first kappa shape index (κ1) is 29.2. The number of carbonyl (C=O) groups excluding carboxylic acids is 1. The van der Waals surface area contributed by atoms with E-state index < -0.39 is 38.2 Å². The fourth-order valence-electron chi connectivity index (χ4n) is 5.77. The van der Waals surface area contributed by atoms with Gasteiger partial charge in [0.1, 0.15) is 16.7 Å². The Labute approximate surface area is 231 Å². The van der Waals surface area contributed by atoms with E-state index >= 15 is 4.39 Å². The largest absolute Gasteiger partial charge is 0.444 e. The minimum atomic E-state index is -3.67. The van der Waals surface area contributed by atoms with Crippen LogP contribution in [-0.4, -0.2) is 42.7 Å². The number of hydrogen-bond donors (Lipinski definition) is 2. The zero-order valence-electron chi connectivity index (χ0n) is 23.2. The van der Waals surface area contributed by atoms with Gasteiger partial charge in [0.2, 0.25) is 10.0 Å². The predicted octanol–water partition coefficient (Wildman–Crippen LogP) is 6.24. The molecule has 212 valence electrons. The maximum Gasteiger partial charge on any atom is 0.407 e. The van der Waals surface area contributed by atoms with E-state index in [9.17, 15) is 13.2 Å². The van der Waals surface area contributed by atoms with E-state index in [1.54, 1.807) is 6.07 Å². The summed E-state index contributed by atoms with van der Waals surface area (Å²) in [5.41, 5.74) is 0.572. The highest BCUT2D eigenvalue weighted by atomic mass is 32.2. The monoisotopic (exact) mass is 557 g/mol. The Morgan fingerprint density at radius 1 is 1.13 bits per heavy atom. The summed E-state index contributed by atoms with van der Waals surface area (Å²) in [5, 5.41) is 10.4. The van der Waals surface area contributed by atoms with Gasteiger partial charge in [-0.15, -0.1) is 0 Å². The molecule has 1 saturated carbocycles.